The highest BCUT2D eigenvalue weighted by Gasteiger charge is 2.52. The van der Waals surface area contributed by atoms with Crippen molar-refractivity contribution in [2.45, 2.75) is 167 Å². The predicted octanol–water partition coefficient (Wildman–Crippen LogP) is 17.0. The van der Waals surface area contributed by atoms with Crippen molar-refractivity contribution in [3.05, 3.63) is 171 Å². The summed E-state index contributed by atoms with van der Waals surface area (Å²) in [6.07, 6.45) is 4.71. The van der Waals surface area contributed by atoms with Gasteiger partial charge in [0.15, 0.2) is 0 Å². The molecule has 7 aromatic carbocycles. The first kappa shape index (κ1) is 45.1. The van der Waals surface area contributed by atoms with E-state index in [1.165, 1.54) is 148 Å². The Morgan fingerprint density at radius 1 is 0.408 bits per heavy atom. The highest BCUT2D eigenvalue weighted by Crippen LogP contribution is 2.61. The van der Waals surface area contributed by atoms with E-state index in [0.717, 1.165) is 0 Å². The van der Waals surface area contributed by atoms with Crippen LogP contribution in [-0.4, -0.2) is 6.85 Å². The summed E-state index contributed by atoms with van der Waals surface area (Å²) in [5, 5.41) is 0. The van der Waals surface area contributed by atoms with E-state index in [4.69, 9.17) is 0 Å². The van der Waals surface area contributed by atoms with Crippen molar-refractivity contribution in [3.8, 4) is 33.4 Å². The molecule has 71 heavy (non-hydrogen) atoms. The summed E-state index contributed by atoms with van der Waals surface area (Å²) in [7, 11) is 0. The Balaban J connectivity index is 1.22. The van der Waals surface area contributed by atoms with Crippen LogP contribution in [0.25, 0.3) is 33.4 Å². The Morgan fingerprint density at radius 2 is 0.930 bits per heavy atom. The van der Waals surface area contributed by atoms with Crippen LogP contribution in [0.1, 0.15) is 180 Å². The van der Waals surface area contributed by atoms with E-state index in [1.54, 1.807) is 0 Å². The van der Waals surface area contributed by atoms with Crippen molar-refractivity contribution in [1.82, 2.24) is 0 Å². The highest BCUT2D eigenvalue weighted by molar-refractivity contribution is 6.93. The van der Waals surface area contributed by atoms with Crippen LogP contribution in [0.3, 0.4) is 0 Å². The lowest BCUT2D eigenvalue weighted by Crippen LogP contribution is -2.62. The van der Waals surface area contributed by atoms with Crippen LogP contribution in [0.2, 0.25) is 0 Å². The Kier molecular flexibility index (Phi) is 8.91. The zero-order valence-electron chi connectivity index (χ0n) is 45.3. The molecular formula is C68H73BN2. The zero-order valence-corrected chi connectivity index (χ0v) is 45.3. The summed E-state index contributed by atoms with van der Waals surface area (Å²) in [6.45, 7) is 36.7. The van der Waals surface area contributed by atoms with E-state index in [9.17, 15) is 0 Å². The van der Waals surface area contributed by atoms with Crippen molar-refractivity contribution in [3.63, 3.8) is 0 Å². The average molecular weight is 929 g/mol. The minimum atomic E-state index is -0.237. The lowest BCUT2D eigenvalue weighted by molar-refractivity contribution is 0.332. The Labute approximate surface area is 426 Å². The van der Waals surface area contributed by atoms with Crippen LogP contribution >= 0.6 is 0 Å². The molecule has 0 unspecified atom stereocenters. The van der Waals surface area contributed by atoms with E-state index in [1.807, 2.05) is 0 Å². The van der Waals surface area contributed by atoms with Crippen LogP contribution in [-0.2, 0) is 37.9 Å². The van der Waals surface area contributed by atoms with E-state index >= 15 is 0 Å². The number of anilines is 5. The monoisotopic (exact) mass is 929 g/mol. The minimum absolute atomic E-state index is 0.0270. The molecule has 2 heterocycles. The van der Waals surface area contributed by atoms with Gasteiger partial charge in [0.25, 0.3) is 0 Å². The number of fused-ring (bicyclic) bond motifs is 13. The minimum Gasteiger partial charge on any atom is -0.376 e. The van der Waals surface area contributed by atoms with Crippen LogP contribution in [0.15, 0.2) is 121 Å². The topological polar surface area (TPSA) is 6.48 Å². The first-order valence-electron chi connectivity index (χ1n) is 27.0. The molecule has 0 spiro atoms. The van der Waals surface area contributed by atoms with Gasteiger partial charge in [-0.05, 0) is 190 Å². The standard InChI is InChI=1S/C68H73BN2/c1-62(2,3)40-24-26-41(27-25-40)71-56-38-51-45(43-20-16-18-22-48(43)67(51,12)13)35-47(56)59-60-46(44-21-17-19-23-49(44)68(60,14)15)36-58-61(59)69(71)55-37-53-54(66(10,11)33-32-65(53,8)9)39-57(55)70(58)42-28-29-50-52(34-42)64(6,7)31-30-63(50,4)5/h16-29,34-39H,30-33H2,1-15H3. The van der Waals surface area contributed by atoms with Crippen molar-refractivity contribution >= 4 is 46.2 Å². The molecule has 0 fully saturated rings. The zero-order chi connectivity index (χ0) is 49.9. The molecular weight excluding hydrogens is 856 g/mol. The van der Waals surface area contributed by atoms with Gasteiger partial charge in [0.2, 0.25) is 0 Å². The molecule has 0 saturated heterocycles. The smallest absolute Gasteiger partial charge is 0.333 e. The number of hydrogen-bond donors (Lipinski definition) is 0. The summed E-state index contributed by atoms with van der Waals surface area (Å²) in [5.41, 5.74) is 30.5. The molecule has 0 amide bonds. The molecule has 0 radical (unpaired) electrons. The largest absolute Gasteiger partial charge is 0.376 e. The van der Waals surface area contributed by atoms with E-state index in [2.05, 4.69) is 235 Å². The van der Waals surface area contributed by atoms with Gasteiger partial charge in [0.05, 0.1) is 0 Å². The first-order valence-corrected chi connectivity index (χ1v) is 27.0. The number of nitrogens with zero attached hydrogens (tertiary/aromatic N) is 2. The molecule has 358 valence electrons. The van der Waals surface area contributed by atoms with Gasteiger partial charge < -0.3 is 9.71 Å². The molecule has 0 N–H and O–H groups in total. The van der Waals surface area contributed by atoms with Crippen molar-refractivity contribution in [2.75, 3.05) is 9.71 Å². The fourth-order valence-corrected chi connectivity index (χ4v) is 14.9. The molecule has 4 aliphatic carbocycles. The second-order valence-electron chi connectivity index (χ2n) is 27.5. The second-order valence-corrected chi connectivity index (χ2v) is 27.5. The summed E-state index contributed by atoms with van der Waals surface area (Å²) >= 11 is 0. The fraction of sp³-hybridized carbons (Fsp3) is 0.382. The van der Waals surface area contributed by atoms with Crippen LogP contribution in [0, 0.1) is 0 Å². The summed E-state index contributed by atoms with van der Waals surface area (Å²) < 4.78 is 0. The van der Waals surface area contributed by atoms with Gasteiger partial charge in [-0.1, -0.05) is 177 Å². The molecule has 2 nitrogen and oxygen atoms in total. The summed E-state index contributed by atoms with van der Waals surface area (Å²) in [5.74, 6) is 0. The van der Waals surface area contributed by atoms with Gasteiger partial charge in [-0.3, -0.25) is 0 Å². The molecule has 6 aliphatic rings. The van der Waals surface area contributed by atoms with Gasteiger partial charge >= 0.3 is 6.85 Å². The molecule has 7 aromatic rings. The Bertz CT molecular complexity index is 3480. The summed E-state index contributed by atoms with van der Waals surface area (Å²) in [4.78, 5) is 5.56. The SMILES string of the molecule is CC(C)(C)c1ccc(N2B3c4cc5c(cc4N(c4ccc6c(c4)C(C)(C)CCC6(C)C)c4cc6c(c(c43)-c3cc4c(cc32)C(C)(C)c2ccccc2-4)C(C)(C)c2ccccc2-6)C(C)(C)CCC5(C)C)cc1. The molecule has 0 saturated carbocycles. The van der Waals surface area contributed by atoms with Gasteiger partial charge in [-0.2, -0.15) is 0 Å². The molecule has 2 aliphatic heterocycles. The molecule has 13 rings (SSSR count). The maximum Gasteiger partial charge on any atom is 0.333 e. The van der Waals surface area contributed by atoms with Crippen molar-refractivity contribution in [1.29, 1.82) is 0 Å². The van der Waals surface area contributed by atoms with Gasteiger partial charge in [0, 0.05) is 44.8 Å². The number of rotatable bonds is 2. The number of hydrogen-bond acceptors (Lipinski definition) is 2. The normalized spacial score (nSPS) is 20.1. The third-order valence-electron chi connectivity index (χ3n) is 19.5. The van der Waals surface area contributed by atoms with Crippen LogP contribution < -0.4 is 20.6 Å². The third kappa shape index (κ3) is 6.02. The van der Waals surface area contributed by atoms with E-state index in [-0.39, 0.29) is 44.8 Å². The molecule has 3 heteroatoms. The highest BCUT2D eigenvalue weighted by atomic mass is 15.2. The van der Waals surface area contributed by atoms with Crippen LogP contribution in [0.5, 0.6) is 0 Å². The Morgan fingerprint density at radius 3 is 1.55 bits per heavy atom. The van der Waals surface area contributed by atoms with Gasteiger partial charge in [-0.15, -0.1) is 0 Å². The number of benzene rings is 7. The summed E-state index contributed by atoms with van der Waals surface area (Å²) in [6, 6.07) is 49.2. The second kappa shape index (κ2) is 14.0. The lowest BCUT2D eigenvalue weighted by atomic mass is 9.42. The van der Waals surface area contributed by atoms with Crippen molar-refractivity contribution < 1.29 is 0 Å². The molecule has 0 aromatic heterocycles. The first-order chi connectivity index (χ1) is 33.3. The fourth-order valence-electron chi connectivity index (χ4n) is 14.9. The maximum absolute atomic E-state index is 2.80. The van der Waals surface area contributed by atoms with E-state index in [0.29, 0.717) is 0 Å². The third-order valence-corrected chi connectivity index (χ3v) is 19.5. The van der Waals surface area contributed by atoms with Crippen molar-refractivity contribution in [2.24, 2.45) is 0 Å². The maximum atomic E-state index is 2.80. The Hall–Kier alpha value is -5.80. The van der Waals surface area contributed by atoms with Crippen LogP contribution in [0.4, 0.5) is 28.4 Å². The molecule has 0 atom stereocenters. The van der Waals surface area contributed by atoms with E-state index < -0.39 is 0 Å². The quantitative estimate of drug-likeness (QED) is 0.159. The predicted molar refractivity (Wildman–Crippen MR) is 305 cm³/mol. The van der Waals surface area contributed by atoms with Gasteiger partial charge in [0.1, 0.15) is 0 Å². The molecule has 0 bridgehead atoms. The lowest BCUT2D eigenvalue weighted by Gasteiger charge is -2.49. The average Bonchev–Trinajstić information content (AvgIpc) is 3.69. The van der Waals surface area contributed by atoms with Gasteiger partial charge in [-0.25, -0.2) is 0 Å².